The van der Waals surface area contributed by atoms with Gasteiger partial charge in [-0.3, -0.25) is 0 Å². The van der Waals surface area contributed by atoms with Crippen LogP contribution in [0.3, 0.4) is 0 Å². The van der Waals surface area contributed by atoms with E-state index in [1.165, 1.54) is 0 Å². The van der Waals surface area contributed by atoms with E-state index in [0.717, 1.165) is 16.7 Å². The van der Waals surface area contributed by atoms with Gasteiger partial charge in [0.2, 0.25) is 5.90 Å². The van der Waals surface area contributed by atoms with Crippen molar-refractivity contribution in [1.82, 2.24) is 0 Å². The Morgan fingerprint density at radius 2 is 1.56 bits per heavy atom. The summed E-state index contributed by atoms with van der Waals surface area (Å²) in [5.74, 6) is 1.36. The number of methoxy groups -OCH3 is 3. The van der Waals surface area contributed by atoms with Gasteiger partial charge >= 0.3 is 5.97 Å². The van der Waals surface area contributed by atoms with Crippen molar-refractivity contribution in [3.63, 3.8) is 0 Å². The van der Waals surface area contributed by atoms with Crippen molar-refractivity contribution in [2.45, 2.75) is 13.8 Å². The molecule has 0 amide bonds. The number of esters is 1. The van der Waals surface area contributed by atoms with E-state index >= 15 is 0 Å². The molecule has 0 atom stereocenters. The van der Waals surface area contributed by atoms with Gasteiger partial charge in [-0.1, -0.05) is 6.07 Å². The van der Waals surface area contributed by atoms with E-state index in [0.29, 0.717) is 22.8 Å². The lowest BCUT2D eigenvalue weighted by Gasteiger charge is -2.12. The van der Waals surface area contributed by atoms with Gasteiger partial charge in [-0.2, -0.15) is 0 Å². The van der Waals surface area contributed by atoms with Crippen LogP contribution in [0, 0.1) is 13.8 Å². The Kier molecular flexibility index (Phi) is 5.16. The number of aryl methyl sites for hydroxylation is 2. The number of carbonyl (C=O) groups excluding carboxylic acids is 1. The van der Waals surface area contributed by atoms with E-state index in [2.05, 4.69) is 4.99 Å². The van der Waals surface area contributed by atoms with Crippen LogP contribution in [-0.2, 0) is 9.53 Å². The average molecular weight is 367 g/mol. The monoisotopic (exact) mass is 367 g/mol. The molecule has 0 N–H and O–H groups in total. The van der Waals surface area contributed by atoms with E-state index in [1.807, 2.05) is 32.0 Å². The minimum absolute atomic E-state index is 0.189. The summed E-state index contributed by atoms with van der Waals surface area (Å²) in [5.41, 5.74) is 3.84. The highest BCUT2D eigenvalue weighted by Crippen LogP contribution is 2.36. The summed E-state index contributed by atoms with van der Waals surface area (Å²) in [7, 11) is 4.63. The van der Waals surface area contributed by atoms with Crippen molar-refractivity contribution in [2.24, 2.45) is 4.99 Å². The summed E-state index contributed by atoms with van der Waals surface area (Å²) in [4.78, 5) is 16.6. The molecule has 0 saturated carbocycles. The third kappa shape index (κ3) is 3.65. The number of carbonyl (C=O) groups is 1. The number of ether oxygens (including phenoxy) is 4. The molecule has 3 rings (SSSR count). The Bertz CT molecular complexity index is 959. The minimum atomic E-state index is -0.514. The van der Waals surface area contributed by atoms with Gasteiger partial charge in [0.25, 0.3) is 0 Å². The van der Waals surface area contributed by atoms with Crippen LogP contribution in [-0.4, -0.2) is 33.2 Å². The maximum Gasteiger partial charge on any atom is 0.363 e. The Morgan fingerprint density at radius 1 is 0.889 bits per heavy atom. The van der Waals surface area contributed by atoms with E-state index in [9.17, 15) is 4.79 Å². The van der Waals surface area contributed by atoms with Gasteiger partial charge in [0.1, 0.15) is 5.75 Å². The predicted molar refractivity (Wildman–Crippen MR) is 103 cm³/mol. The van der Waals surface area contributed by atoms with Crippen molar-refractivity contribution in [2.75, 3.05) is 21.3 Å². The first kappa shape index (κ1) is 18.5. The van der Waals surface area contributed by atoms with Crippen LogP contribution >= 0.6 is 0 Å². The van der Waals surface area contributed by atoms with Gasteiger partial charge in [0.05, 0.1) is 21.3 Å². The first-order chi connectivity index (χ1) is 13.0. The number of hydrogen-bond donors (Lipinski definition) is 0. The third-order valence-electron chi connectivity index (χ3n) is 4.40. The van der Waals surface area contributed by atoms with Crippen LogP contribution < -0.4 is 14.2 Å². The normalized spacial score (nSPS) is 14.8. The molecule has 0 unspecified atom stereocenters. The zero-order valence-corrected chi connectivity index (χ0v) is 16.0. The van der Waals surface area contributed by atoms with Gasteiger partial charge in [-0.05, 0) is 49.2 Å². The number of nitrogens with zero attached hydrogens (tertiary/aromatic N) is 1. The van der Waals surface area contributed by atoms with Crippen molar-refractivity contribution in [1.29, 1.82) is 0 Å². The van der Waals surface area contributed by atoms with Crippen LogP contribution in [0.1, 0.15) is 22.3 Å². The fourth-order valence-corrected chi connectivity index (χ4v) is 2.72. The fourth-order valence-electron chi connectivity index (χ4n) is 2.72. The standard InChI is InChI=1S/C21H21NO5/c1-12-6-7-14(8-13(12)2)20-22-16(21(23)27-20)9-15-10-18(25-4)19(26-5)11-17(15)24-3/h6-11H,1-5H3. The largest absolute Gasteiger partial charge is 0.496 e. The van der Waals surface area contributed by atoms with E-state index in [1.54, 1.807) is 39.5 Å². The lowest BCUT2D eigenvalue weighted by Crippen LogP contribution is -2.05. The molecule has 0 saturated heterocycles. The topological polar surface area (TPSA) is 66.3 Å². The number of rotatable bonds is 5. The summed E-state index contributed by atoms with van der Waals surface area (Å²) in [6.45, 7) is 4.03. The molecule has 27 heavy (non-hydrogen) atoms. The van der Waals surface area contributed by atoms with Crippen LogP contribution in [0.15, 0.2) is 41.0 Å². The second kappa shape index (κ2) is 7.53. The summed E-state index contributed by atoms with van der Waals surface area (Å²) in [5, 5.41) is 0. The molecule has 1 aliphatic heterocycles. The van der Waals surface area contributed by atoms with Gasteiger partial charge in [-0.25, -0.2) is 9.79 Å². The molecule has 6 heteroatoms. The molecule has 140 valence electrons. The Morgan fingerprint density at radius 3 is 2.19 bits per heavy atom. The van der Waals surface area contributed by atoms with Crippen molar-refractivity contribution >= 4 is 17.9 Å². The first-order valence-corrected chi connectivity index (χ1v) is 8.37. The molecule has 0 spiro atoms. The maximum absolute atomic E-state index is 12.3. The van der Waals surface area contributed by atoms with Crippen LogP contribution in [0.4, 0.5) is 0 Å². The lowest BCUT2D eigenvalue weighted by atomic mass is 10.1. The number of aliphatic imine (C=N–C) groups is 1. The molecule has 6 nitrogen and oxygen atoms in total. The quantitative estimate of drug-likeness (QED) is 0.596. The lowest BCUT2D eigenvalue weighted by molar-refractivity contribution is -0.129. The predicted octanol–water partition coefficient (Wildman–Crippen LogP) is 3.67. The molecule has 1 heterocycles. The Hall–Kier alpha value is -3.28. The highest BCUT2D eigenvalue weighted by molar-refractivity contribution is 6.13. The summed E-state index contributed by atoms with van der Waals surface area (Å²) >= 11 is 0. The molecule has 0 fully saturated rings. The molecule has 0 radical (unpaired) electrons. The van der Waals surface area contributed by atoms with E-state index < -0.39 is 5.97 Å². The van der Waals surface area contributed by atoms with Crippen molar-refractivity contribution in [3.8, 4) is 17.2 Å². The van der Waals surface area contributed by atoms with Gasteiger partial charge in [-0.15, -0.1) is 0 Å². The fraction of sp³-hybridized carbons (Fsp3) is 0.238. The van der Waals surface area contributed by atoms with E-state index in [-0.39, 0.29) is 11.6 Å². The number of benzene rings is 2. The number of hydrogen-bond acceptors (Lipinski definition) is 6. The highest BCUT2D eigenvalue weighted by atomic mass is 16.6. The molecule has 2 aromatic carbocycles. The average Bonchev–Trinajstić information content (AvgIpc) is 3.04. The smallest absolute Gasteiger partial charge is 0.363 e. The second-order valence-corrected chi connectivity index (χ2v) is 6.08. The Balaban J connectivity index is 2.02. The van der Waals surface area contributed by atoms with Gasteiger partial charge < -0.3 is 18.9 Å². The van der Waals surface area contributed by atoms with Crippen LogP contribution in [0.2, 0.25) is 0 Å². The Labute approximate surface area is 158 Å². The minimum Gasteiger partial charge on any atom is -0.496 e. The third-order valence-corrected chi connectivity index (χ3v) is 4.40. The molecular formula is C21H21NO5. The van der Waals surface area contributed by atoms with Gasteiger partial charge in [0.15, 0.2) is 17.2 Å². The molecule has 0 bridgehead atoms. The van der Waals surface area contributed by atoms with E-state index in [4.69, 9.17) is 18.9 Å². The first-order valence-electron chi connectivity index (χ1n) is 8.37. The van der Waals surface area contributed by atoms with Crippen molar-refractivity contribution < 1.29 is 23.7 Å². The van der Waals surface area contributed by atoms with Crippen LogP contribution in [0.25, 0.3) is 6.08 Å². The van der Waals surface area contributed by atoms with Crippen LogP contribution in [0.5, 0.6) is 17.2 Å². The zero-order valence-electron chi connectivity index (χ0n) is 16.0. The summed E-state index contributed by atoms with van der Waals surface area (Å²) in [6, 6.07) is 9.22. The maximum atomic E-state index is 12.3. The summed E-state index contributed by atoms with van der Waals surface area (Å²) < 4.78 is 21.3. The summed E-state index contributed by atoms with van der Waals surface area (Å²) in [6.07, 6.45) is 1.61. The highest BCUT2D eigenvalue weighted by Gasteiger charge is 2.25. The number of cyclic esters (lactones) is 1. The molecule has 0 aromatic heterocycles. The van der Waals surface area contributed by atoms with Crippen molar-refractivity contribution in [3.05, 3.63) is 58.3 Å². The molecule has 0 aliphatic carbocycles. The molecule has 2 aromatic rings. The SMILES string of the molecule is COc1cc(OC)c(OC)cc1C=C1N=C(c2ccc(C)c(C)c2)OC1=O. The zero-order chi connectivity index (χ0) is 19.6. The van der Waals surface area contributed by atoms with Gasteiger partial charge in [0, 0.05) is 17.2 Å². The molecule has 1 aliphatic rings. The molecular weight excluding hydrogens is 346 g/mol. The second-order valence-electron chi connectivity index (χ2n) is 6.08.